The van der Waals surface area contributed by atoms with E-state index in [-0.39, 0.29) is 5.41 Å². The van der Waals surface area contributed by atoms with Crippen LogP contribution in [0.1, 0.15) is 40.5 Å². The van der Waals surface area contributed by atoms with E-state index in [1.807, 2.05) is 20.8 Å². The van der Waals surface area contributed by atoms with Gasteiger partial charge in [0.25, 0.3) is 0 Å². The van der Waals surface area contributed by atoms with Crippen molar-refractivity contribution < 1.29 is 4.79 Å². The molecule has 16 heavy (non-hydrogen) atoms. The van der Waals surface area contributed by atoms with Gasteiger partial charge < -0.3 is 4.90 Å². The van der Waals surface area contributed by atoms with E-state index in [1.165, 1.54) is 18.7 Å². The normalized spacial score (nSPS) is 23.4. The maximum absolute atomic E-state index is 11.8. The average Bonchev–Trinajstić information content (AvgIpc) is 2.25. The summed E-state index contributed by atoms with van der Waals surface area (Å²) in [7, 11) is 0. The smallest absolute Gasteiger partial charge is 0.139 e. The second kappa shape index (κ2) is 6.06. The van der Waals surface area contributed by atoms with Gasteiger partial charge in [-0.25, -0.2) is 0 Å². The standard InChI is InChI=1S/C13H25NOS/c1-5-11-10-14(8-9-16-11)7-6-12(15)13(2,3)4/h11H,5-10H2,1-4H3. The van der Waals surface area contributed by atoms with Gasteiger partial charge >= 0.3 is 0 Å². The third-order valence-electron chi connectivity index (χ3n) is 3.17. The Morgan fingerprint density at radius 3 is 2.69 bits per heavy atom. The number of hydrogen-bond acceptors (Lipinski definition) is 3. The largest absolute Gasteiger partial charge is 0.301 e. The van der Waals surface area contributed by atoms with Crippen LogP contribution in [0.15, 0.2) is 0 Å². The number of ketones is 1. The van der Waals surface area contributed by atoms with Crippen molar-refractivity contribution in [3.8, 4) is 0 Å². The van der Waals surface area contributed by atoms with Crippen molar-refractivity contribution in [2.24, 2.45) is 5.41 Å². The lowest BCUT2D eigenvalue weighted by atomic mass is 9.89. The van der Waals surface area contributed by atoms with Crippen LogP contribution in [0.4, 0.5) is 0 Å². The zero-order chi connectivity index (χ0) is 12.2. The molecule has 1 atom stereocenters. The molecular formula is C13H25NOS. The molecular weight excluding hydrogens is 218 g/mol. The lowest BCUT2D eigenvalue weighted by molar-refractivity contribution is -0.126. The maximum atomic E-state index is 11.8. The highest BCUT2D eigenvalue weighted by molar-refractivity contribution is 8.00. The summed E-state index contributed by atoms with van der Waals surface area (Å²) in [6.45, 7) is 11.6. The maximum Gasteiger partial charge on any atom is 0.139 e. The quantitative estimate of drug-likeness (QED) is 0.757. The van der Waals surface area contributed by atoms with Gasteiger partial charge in [-0.05, 0) is 6.42 Å². The summed E-state index contributed by atoms with van der Waals surface area (Å²) >= 11 is 2.08. The first kappa shape index (κ1) is 14.0. The Morgan fingerprint density at radius 1 is 1.44 bits per heavy atom. The number of thioether (sulfide) groups is 1. The number of rotatable bonds is 4. The van der Waals surface area contributed by atoms with E-state index in [9.17, 15) is 4.79 Å². The van der Waals surface area contributed by atoms with Gasteiger partial charge in [0.2, 0.25) is 0 Å². The molecule has 0 bridgehead atoms. The van der Waals surface area contributed by atoms with Gasteiger partial charge in [-0.15, -0.1) is 0 Å². The molecule has 1 aliphatic heterocycles. The molecule has 0 aromatic heterocycles. The molecule has 1 saturated heterocycles. The van der Waals surface area contributed by atoms with Crippen molar-refractivity contribution >= 4 is 17.5 Å². The summed E-state index contributed by atoms with van der Waals surface area (Å²) in [5, 5.41) is 0.776. The van der Waals surface area contributed by atoms with Gasteiger partial charge in [-0.1, -0.05) is 27.7 Å². The molecule has 1 unspecified atom stereocenters. The molecule has 3 heteroatoms. The Morgan fingerprint density at radius 2 is 2.12 bits per heavy atom. The van der Waals surface area contributed by atoms with Crippen LogP contribution in [-0.2, 0) is 4.79 Å². The van der Waals surface area contributed by atoms with Crippen molar-refractivity contribution in [1.29, 1.82) is 0 Å². The molecule has 1 heterocycles. The van der Waals surface area contributed by atoms with Gasteiger partial charge in [0.05, 0.1) is 0 Å². The monoisotopic (exact) mass is 243 g/mol. The number of hydrogen-bond donors (Lipinski definition) is 0. The fourth-order valence-electron chi connectivity index (χ4n) is 1.87. The van der Waals surface area contributed by atoms with Crippen LogP contribution in [0, 0.1) is 5.41 Å². The van der Waals surface area contributed by atoms with Crippen molar-refractivity contribution in [2.45, 2.75) is 45.8 Å². The molecule has 0 N–H and O–H groups in total. The minimum absolute atomic E-state index is 0.172. The van der Waals surface area contributed by atoms with E-state index in [0.29, 0.717) is 12.2 Å². The zero-order valence-electron chi connectivity index (χ0n) is 11.1. The predicted molar refractivity (Wildman–Crippen MR) is 72.1 cm³/mol. The molecule has 1 rings (SSSR count). The Balaban J connectivity index is 2.30. The van der Waals surface area contributed by atoms with E-state index >= 15 is 0 Å². The summed E-state index contributed by atoms with van der Waals surface area (Å²) < 4.78 is 0. The predicted octanol–water partition coefficient (Wildman–Crippen LogP) is 2.82. The van der Waals surface area contributed by atoms with E-state index in [0.717, 1.165) is 18.3 Å². The molecule has 94 valence electrons. The Bertz CT molecular complexity index is 235. The number of carbonyl (C=O) groups is 1. The molecule has 0 aliphatic carbocycles. The van der Waals surface area contributed by atoms with Crippen LogP contribution in [0.25, 0.3) is 0 Å². The lowest BCUT2D eigenvalue weighted by Crippen LogP contribution is -2.39. The highest BCUT2D eigenvalue weighted by Crippen LogP contribution is 2.22. The van der Waals surface area contributed by atoms with E-state index in [4.69, 9.17) is 0 Å². The molecule has 1 fully saturated rings. The first-order chi connectivity index (χ1) is 7.43. The van der Waals surface area contributed by atoms with Crippen LogP contribution >= 0.6 is 11.8 Å². The van der Waals surface area contributed by atoms with E-state index in [2.05, 4.69) is 23.6 Å². The number of carbonyl (C=O) groups excluding carboxylic acids is 1. The molecule has 0 amide bonds. The van der Waals surface area contributed by atoms with E-state index < -0.39 is 0 Å². The van der Waals surface area contributed by atoms with Gasteiger partial charge in [0.1, 0.15) is 5.78 Å². The second-order valence-corrected chi connectivity index (χ2v) is 7.03. The van der Waals surface area contributed by atoms with Gasteiger partial charge in [-0.3, -0.25) is 4.79 Å². The van der Waals surface area contributed by atoms with Crippen LogP contribution in [0.5, 0.6) is 0 Å². The molecule has 1 aliphatic rings. The van der Waals surface area contributed by atoms with Crippen molar-refractivity contribution in [3.63, 3.8) is 0 Å². The Hall–Kier alpha value is -0.0200. The van der Waals surface area contributed by atoms with Crippen LogP contribution < -0.4 is 0 Å². The SMILES string of the molecule is CCC1CN(CCC(=O)C(C)(C)C)CCS1. The summed E-state index contributed by atoms with van der Waals surface area (Å²) in [5.74, 6) is 1.61. The second-order valence-electron chi connectivity index (χ2n) is 5.62. The molecule has 0 saturated carbocycles. The third kappa shape index (κ3) is 4.46. The zero-order valence-corrected chi connectivity index (χ0v) is 11.9. The lowest BCUT2D eigenvalue weighted by Gasteiger charge is -2.32. The Kier molecular flexibility index (Phi) is 5.32. The Labute approximate surface area is 104 Å². The first-order valence-electron chi connectivity index (χ1n) is 6.30. The number of Topliss-reactive ketones (excluding diaryl/α,β-unsaturated/α-hetero) is 1. The molecule has 0 aromatic carbocycles. The molecule has 0 spiro atoms. The summed E-state index contributed by atoms with van der Waals surface area (Å²) in [5.41, 5.74) is -0.172. The van der Waals surface area contributed by atoms with E-state index in [1.54, 1.807) is 0 Å². The van der Waals surface area contributed by atoms with Gasteiger partial charge in [-0.2, -0.15) is 11.8 Å². The average molecular weight is 243 g/mol. The van der Waals surface area contributed by atoms with Crippen molar-refractivity contribution in [2.75, 3.05) is 25.4 Å². The highest BCUT2D eigenvalue weighted by Gasteiger charge is 2.23. The van der Waals surface area contributed by atoms with Crippen LogP contribution in [0.3, 0.4) is 0 Å². The summed E-state index contributed by atoms with van der Waals surface area (Å²) in [4.78, 5) is 14.3. The fourth-order valence-corrected chi connectivity index (χ4v) is 3.11. The van der Waals surface area contributed by atoms with Crippen LogP contribution in [-0.4, -0.2) is 41.3 Å². The number of nitrogens with zero attached hydrogens (tertiary/aromatic N) is 1. The minimum atomic E-state index is -0.172. The summed E-state index contributed by atoms with van der Waals surface area (Å²) in [6, 6.07) is 0. The topological polar surface area (TPSA) is 20.3 Å². The molecule has 0 radical (unpaired) electrons. The molecule has 2 nitrogen and oxygen atoms in total. The molecule has 0 aromatic rings. The minimum Gasteiger partial charge on any atom is -0.301 e. The first-order valence-corrected chi connectivity index (χ1v) is 7.35. The fraction of sp³-hybridized carbons (Fsp3) is 0.923. The third-order valence-corrected chi connectivity index (χ3v) is 4.54. The van der Waals surface area contributed by atoms with Gasteiger partial charge in [0.15, 0.2) is 0 Å². The highest BCUT2D eigenvalue weighted by atomic mass is 32.2. The van der Waals surface area contributed by atoms with Crippen LogP contribution in [0.2, 0.25) is 0 Å². The van der Waals surface area contributed by atoms with Crippen molar-refractivity contribution in [1.82, 2.24) is 4.90 Å². The van der Waals surface area contributed by atoms with Crippen molar-refractivity contribution in [3.05, 3.63) is 0 Å². The summed E-state index contributed by atoms with van der Waals surface area (Å²) in [6.07, 6.45) is 1.96. The van der Waals surface area contributed by atoms with Gasteiger partial charge in [0, 0.05) is 42.5 Å².